The van der Waals surface area contributed by atoms with Crippen LogP contribution in [0.4, 0.5) is 0 Å². The van der Waals surface area contributed by atoms with Crippen LogP contribution in [0.1, 0.15) is 33.7 Å². The van der Waals surface area contributed by atoms with Gasteiger partial charge in [0, 0.05) is 12.2 Å². The van der Waals surface area contributed by atoms with Crippen molar-refractivity contribution in [2.75, 3.05) is 13.1 Å². The number of amides is 2. The van der Waals surface area contributed by atoms with Crippen LogP contribution in [-0.4, -0.2) is 40.8 Å². The Hall–Kier alpha value is -1.75. The number of carbonyl (C=O) groups excluding carboxylic acids is 2. The van der Waals surface area contributed by atoms with E-state index >= 15 is 0 Å². The number of pyridine rings is 1. The third-order valence-corrected chi connectivity index (χ3v) is 3.35. The van der Waals surface area contributed by atoms with Gasteiger partial charge in [0.25, 0.3) is 11.8 Å². The van der Waals surface area contributed by atoms with E-state index < -0.39 is 0 Å². The first-order valence-corrected chi connectivity index (χ1v) is 5.82. The topological polar surface area (TPSA) is 62.3 Å². The van der Waals surface area contributed by atoms with Crippen LogP contribution in [0.25, 0.3) is 0 Å². The number of imide groups is 1. The van der Waals surface area contributed by atoms with Gasteiger partial charge in [-0.15, -0.1) is 0 Å². The number of nitrogens with zero attached hydrogens (tertiary/aromatic N) is 2. The normalized spacial score (nSPS) is 20.8. The SMILES string of the molecule is O=C1c2cccnc2C(=O)N1C1CCNCC1. The first-order chi connectivity index (χ1) is 8.29. The summed E-state index contributed by atoms with van der Waals surface area (Å²) in [6, 6.07) is 3.38. The Morgan fingerprint density at radius 2 is 2.00 bits per heavy atom. The number of hydrogen-bond donors (Lipinski definition) is 1. The minimum absolute atomic E-state index is 0.0189. The van der Waals surface area contributed by atoms with Gasteiger partial charge in [0.15, 0.2) is 0 Å². The Bertz CT molecular complexity index is 445. The lowest BCUT2D eigenvalue weighted by atomic mass is 10.1. The zero-order valence-corrected chi connectivity index (χ0v) is 9.35. The van der Waals surface area contributed by atoms with E-state index in [1.807, 2.05) is 0 Å². The summed E-state index contributed by atoms with van der Waals surface area (Å²) in [7, 11) is 0. The van der Waals surface area contributed by atoms with Crippen molar-refractivity contribution >= 4 is 11.8 Å². The minimum Gasteiger partial charge on any atom is -0.317 e. The number of fused-ring (bicyclic) bond motifs is 1. The third kappa shape index (κ3) is 1.54. The van der Waals surface area contributed by atoms with Gasteiger partial charge in [-0.05, 0) is 38.1 Å². The molecule has 1 N–H and O–H groups in total. The molecule has 3 heterocycles. The van der Waals surface area contributed by atoms with E-state index in [-0.39, 0.29) is 17.9 Å². The molecule has 0 aliphatic carbocycles. The highest BCUT2D eigenvalue weighted by molar-refractivity contribution is 6.20. The summed E-state index contributed by atoms with van der Waals surface area (Å²) in [6.45, 7) is 1.71. The number of piperidine rings is 1. The molecule has 5 heteroatoms. The highest BCUT2D eigenvalue weighted by Crippen LogP contribution is 2.25. The molecule has 2 aliphatic rings. The van der Waals surface area contributed by atoms with Crippen LogP contribution < -0.4 is 5.32 Å². The lowest BCUT2D eigenvalue weighted by molar-refractivity contribution is 0.0554. The van der Waals surface area contributed by atoms with E-state index in [0.29, 0.717) is 11.3 Å². The van der Waals surface area contributed by atoms with Gasteiger partial charge in [0.05, 0.1) is 5.56 Å². The van der Waals surface area contributed by atoms with Crippen LogP contribution in [0.15, 0.2) is 18.3 Å². The molecule has 17 heavy (non-hydrogen) atoms. The molecular weight excluding hydrogens is 218 g/mol. The van der Waals surface area contributed by atoms with Crippen molar-refractivity contribution in [3.63, 3.8) is 0 Å². The third-order valence-electron chi connectivity index (χ3n) is 3.35. The zero-order valence-electron chi connectivity index (χ0n) is 9.35. The van der Waals surface area contributed by atoms with Crippen LogP contribution in [0, 0.1) is 0 Å². The van der Waals surface area contributed by atoms with E-state index in [1.54, 1.807) is 18.3 Å². The molecule has 0 atom stereocenters. The summed E-state index contributed by atoms with van der Waals surface area (Å²) in [5.41, 5.74) is 0.743. The van der Waals surface area contributed by atoms with Crippen molar-refractivity contribution in [3.05, 3.63) is 29.6 Å². The molecule has 3 rings (SSSR count). The van der Waals surface area contributed by atoms with Crippen molar-refractivity contribution in [1.82, 2.24) is 15.2 Å². The Labute approximate surface area is 98.8 Å². The van der Waals surface area contributed by atoms with Crippen molar-refractivity contribution in [2.45, 2.75) is 18.9 Å². The summed E-state index contributed by atoms with van der Waals surface area (Å²) >= 11 is 0. The summed E-state index contributed by atoms with van der Waals surface area (Å²) in [5.74, 6) is -0.428. The second-order valence-corrected chi connectivity index (χ2v) is 4.36. The van der Waals surface area contributed by atoms with E-state index in [2.05, 4.69) is 10.3 Å². The van der Waals surface area contributed by atoms with Gasteiger partial charge in [0.1, 0.15) is 5.69 Å². The van der Waals surface area contributed by atoms with E-state index in [9.17, 15) is 9.59 Å². The molecule has 1 aromatic heterocycles. The van der Waals surface area contributed by atoms with Gasteiger partial charge in [0.2, 0.25) is 0 Å². The molecule has 1 aromatic rings. The van der Waals surface area contributed by atoms with Crippen LogP contribution in [0.3, 0.4) is 0 Å². The molecule has 1 saturated heterocycles. The molecule has 0 unspecified atom stereocenters. The lowest BCUT2D eigenvalue weighted by Crippen LogP contribution is -2.45. The summed E-state index contributed by atoms with van der Waals surface area (Å²) in [4.78, 5) is 29.7. The predicted octanol–water partition coefficient (Wildman–Crippen LogP) is 0.430. The van der Waals surface area contributed by atoms with Crippen molar-refractivity contribution < 1.29 is 9.59 Å². The number of rotatable bonds is 1. The summed E-state index contributed by atoms with van der Waals surface area (Å²) in [5, 5.41) is 3.22. The van der Waals surface area contributed by atoms with Gasteiger partial charge >= 0.3 is 0 Å². The van der Waals surface area contributed by atoms with Gasteiger partial charge in [-0.3, -0.25) is 19.5 Å². The Kier molecular flexibility index (Phi) is 2.40. The van der Waals surface area contributed by atoms with Crippen LogP contribution in [0.2, 0.25) is 0 Å². The Balaban J connectivity index is 1.94. The fourth-order valence-corrected chi connectivity index (χ4v) is 2.48. The summed E-state index contributed by atoms with van der Waals surface area (Å²) < 4.78 is 0. The molecular formula is C12H13N3O2. The standard InChI is InChI=1S/C12H13N3O2/c16-11-9-2-1-5-14-10(9)12(17)15(11)8-3-6-13-7-4-8/h1-2,5,8,13H,3-4,6-7H2. The molecule has 5 nitrogen and oxygen atoms in total. The van der Waals surface area contributed by atoms with Crippen LogP contribution in [-0.2, 0) is 0 Å². The Morgan fingerprint density at radius 3 is 2.71 bits per heavy atom. The molecule has 0 bridgehead atoms. The van der Waals surface area contributed by atoms with Crippen molar-refractivity contribution in [1.29, 1.82) is 0 Å². The maximum Gasteiger partial charge on any atom is 0.280 e. The highest BCUT2D eigenvalue weighted by Gasteiger charge is 2.40. The van der Waals surface area contributed by atoms with Crippen molar-refractivity contribution in [3.8, 4) is 0 Å². The van der Waals surface area contributed by atoms with E-state index in [0.717, 1.165) is 25.9 Å². The highest BCUT2D eigenvalue weighted by atomic mass is 16.2. The van der Waals surface area contributed by atoms with Gasteiger partial charge in [-0.25, -0.2) is 0 Å². The largest absolute Gasteiger partial charge is 0.317 e. The smallest absolute Gasteiger partial charge is 0.280 e. The molecule has 1 fully saturated rings. The second-order valence-electron chi connectivity index (χ2n) is 4.36. The van der Waals surface area contributed by atoms with Crippen LogP contribution >= 0.6 is 0 Å². The van der Waals surface area contributed by atoms with E-state index in [4.69, 9.17) is 0 Å². The molecule has 2 amide bonds. The average molecular weight is 231 g/mol. The van der Waals surface area contributed by atoms with Gasteiger partial charge in [-0.1, -0.05) is 0 Å². The first-order valence-electron chi connectivity index (χ1n) is 5.82. The molecule has 0 aromatic carbocycles. The minimum atomic E-state index is -0.238. The zero-order chi connectivity index (χ0) is 11.8. The molecule has 0 spiro atoms. The fourth-order valence-electron chi connectivity index (χ4n) is 2.48. The second kappa shape index (κ2) is 3.92. The molecule has 88 valence electrons. The molecule has 2 aliphatic heterocycles. The average Bonchev–Trinajstić information content (AvgIpc) is 2.64. The maximum atomic E-state index is 12.2. The van der Waals surface area contributed by atoms with Gasteiger partial charge < -0.3 is 5.32 Å². The fraction of sp³-hybridized carbons (Fsp3) is 0.417. The predicted molar refractivity (Wildman–Crippen MR) is 60.6 cm³/mol. The first kappa shape index (κ1) is 10.4. The van der Waals surface area contributed by atoms with Gasteiger partial charge in [-0.2, -0.15) is 0 Å². The lowest BCUT2D eigenvalue weighted by Gasteiger charge is -2.29. The number of nitrogens with one attached hydrogen (secondary N) is 1. The van der Waals surface area contributed by atoms with E-state index in [1.165, 1.54) is 4.90 Å². The number of hydrogen-bond acceptors (Lipinski definition) is 4. The number of carbonyl (C=O) groups is 2. The molecule has 0 saturated carbocycles. The molecule has 0 radical (unpaired) electrons. The van der Waals surface area contributed by atoms with Crippen molar-refractivity contribution in [2.24, 2.45) is 0 Å². The summed E-state index contributed by atoms with van der Waals surface area (Å²) in [6.07, 6.45) is 3.20. The monoisotopic (exact) mass is 231 g/mol. The van der Waals surface area contributed by atoms with Crippen LogP contribution in [0.5, 0.6) is 0 Å². The quantitative estimate of drug-likeness (QED) is 0.712. The Morgan fingerprint density at radius 1 is 1.24 bits per heavy atom. The number of aromatic nitrogens is 1. The maximum absolute atomic E-state index is 12.2.